The summed E-state index contributed by atoms with van der Waals surface area (Å²) in [6, 6.07) is 6.73. The summed E-state index contributed by atoms with van der Waals surface area (Å²) >= 11 is 0. The predicted molar refractivity (Wildman–Crippen MR) is 119 cm³/mol. The monoisotopic (exact) mass is 429 g/mol. The molecule has 2 N–H and O–H groups in total. The quantitative estimate of drug-likeness (QED) is 0.621. The largest absolute Gasteiger partial charge is 0.383 e. The van der Waals surface area contributed by atoms with Gasteiger partial charge in [0.2, 0.25) is 11.8 Å². The number of amides is 3. The Morgan fingerprint density at radius 2 is 1.77 bits per heavy atom. The van der Waals surface area contributed by atoms with Crippen molar-refractivity contribution in [3.8, 4) is 0 Å². The van der Waals surface area contributed by atoms with Crippen LogP contribution in [0, 0.1) is 18.8 Å². The lowest BCUT2D eigenvalue weighted by Crippen LogP contribution is -2.54. The van der Waals surface area contributed by atoms with Crippen molar-refractivity contribution >= 4 is 17.7 Å². The molecule has 3 amide bonds. The normalized spacial score (nSPS) is 18.6. The molecule has 0 bridgehead atoms. The highest BCUT2D eigenvalue weighted by Gasteiger charge is 2.35. The SMILES string of the molecule is COCCNC(=O)C(NC(=O)c1ccccc1C)C1CCN(C(=O)C2CCCC2)CC1. The lowest BCUT2D eigenvalue weighted by molar-refractivity contribution is -0.137. The predicted octanol–water partition coefficient (Wildman–Crippen LogP) is 2.28. The van der Waals surface area contributed by atoms with Crippen LogP contribution in [0.1, 0.15) is 54.4 Å². The molecule has 0 aromatic heterocycles. The molecule has 170 valence electrons. The smallest absolute Gasteiger partial charge is 0.252 e. The number of piperidine rings is 1. The minimum atomic E-state index is -0.632. The molecule has 1 aromatic rings. The van der Waals surface area contributed by atoms with Crippen LogP contribution in [-0.4, -0.2) is 62.0 Å². The minimum Gasteiger partial charge on any atom is -0.383 e. The van der Waals surface area contributed by atoms with Crippen molar-refractivity contribution in [1.29, 1.82) is 0 Å². The van der Waals surface area contributed by atoms with E-state index in [-0.39, 0.29) is 29.6 Å². The Hall–Kier alpha value is -2.41. The minimum absolute atomic E-state index is 0.0110. The summed E-state index contributed by atoms with van der Waals surface area (Å²) in [7, 11) is 1.58. The number of nitrogens with one attached hydrogen (secondary N) is 2. The zero-order valence-corrected chi connectivity index (χ0v) is 18.7. The van der Waals surface area contributed by atoms with Gasteiger partial charge in [-0.1, -0.05) is 31.0 Å². The molecule has 1 heterocycles. The summed E-state index contributed by atoms with van der Waals surface area (Å²) in [5.74, 6) is -0.0106. The van der Waals surface area contributed by atoms with Gasteiger partial charge in [0.15, 0.2) is 0 Å². The van der Waals surface area contributed by atoms with Gasteiger partial charge in [0.25, 0.3) is 5.91 Å². The number of likely N-dealkylation sites (tertiary alicyclic amines) is 1. The van der Waals surface area contributed by atoms with E-state index >= 15 is 0 Å². The number of benzene rings is 1. The fraction of sp³-hybridized carbons (Fsp3) is 0.625. The van der Waals surface area contributed by atoms with Crippen LogP contribution in [0.15, 0.2) is 24.3 Å². The molecule has 1 unspecified atom stereocenters. The lowest BCUT2D eigenvalue weighted by Gasteiger charge is -2.37. The topological polar surface area (TPSA) is 87.7 Å². The number of carbonyl (C=O) groups excluding carboxylic acids is 3. The van der Waals surface area contributed by atoms with E-state index in [4.69, 9.17) is 4.74 Å². The van der Waals surface area contributed by atoms with Crippen LogP contribution in [-0.2, 0) is 14.3 Å². The third-order valence-electron chi connectivity index (χ3n) is 6.59. The lowest BCUT2D eigenvalue weighted by atomic mass is 9.87. The fourth-order valence-corrected chi connectivity index (χ4v) is 4.71. The Morgan fingerprint density at radius 1 is 1.10 bits per heavy atom. The van der Waals surface area contributed by atoms with Gasteiger partial charge in [-0.25, -0.2) is 0 Å². The summed E-state index contributed by atoms with van der Waals surface area (Å²) in [5.41, 5.74) is 1.45. The highest BCUT2D eigenvalue weighted by Crippen LogP contribution is 2.29. The second-order valence-corrected chi connectivity index (χ2v) is 8.69. The fourth-order valence-electron chi connectivity index (χ4n) is 4.71. The molecular weight excluding hydrogens is 394 g/mol. The number of methoxy groups -OCH3 is 1. The number of carbonyl (C=O) groups is 3. The van der Waals surface area contributed by atoms with Crippen molar-refractivity contribution in [3.05, 3.63) is 35.4 Å². The van der Waals surface area contributed by atoms with E-state index in [9.17, 15) is 14.4 Å². The van der Waals surface area contributed by atoms with Crippen molar-refractivity contribution in [2.24, 2.45) is 11.8 Å². The van der Waals surface area contributed by atoms with Crippen LogP contribution in [0.4, 0.5) is 0 Å². The second kappa shape index (κ2) is 11.3. The van der Waals surface area contributed by atoms with Crippen LogP contribution in [0.25, 0.3) is 0 Å². The zero-order chi connectivity index (χ0) is 22.2. The van der Waals surface area contributed by atoms with Crippen molar-refractivity contribution in [1.82, 2.24) is 15.5 Å². The van der Waals surface area contributed by atoms with Crippen molar-refractivity contribution in [3.63, 3.8) is 0 Å². The van der Waals surface area contributed by atoms with Gasteiger partial charge in [-0.05, 0) is 50.2 Å². The van der Waals surface area contributed by atoms with E-state index in [1.54, 1.807) is 13.2 Å². The highest BCUT2D eigenvalue weighted by atomic mass is 16.5. The maximum Gasteiger partial charge on any atom is 0.252 e. The molecule has 31 heavy (non-hydrogen) atoms. The van der Waals surface area contributed by atoms with E-state index in [1.165, 1.54) is 0 Å². The van der Waals surface area contributed by atoms with Crippen LogP contribution in [0.3, 0.4) is 0 Å². The van der Waals surface area contributed by atoms with Gasteiger partial charge in [-0.15, -0.1) is 0 Å². The van der Waals surface area contributed by atoms with Crippen molar-refractivity contribution < 1.29 is 19.1 Å². The number of rotatable bonds is 8. The molecule has 1 aliphatic heterocycles. The molecule has 0 spiro atoms. The molecule has 1 saturated heterocycles. The molecule has 7 nitrogen and oxygen atoms in total. The standard InChI is InChI=1S/C24H35N3O4/c1-17-7-3-6-10-20(17)22(28)26-21(23(29)25-13-16-31-2)18-11-14-27(15-12-18)24(30)19-8-4-5-9-19/h3,6-7,10,18-19,21H,4-5,8-9,11-16H2,1-2H3,(H,25,29)(H,26,28). The molecule has 2 fully saturated rings. The zero-order valence-electron chi connectivity index (χ0n) is 18.7. The van der Waals surface area contributed by atoms with Gasteiger partial charge >= 0.3 is 0 Å². The Kier molecular flexibility index (Phi) is 8.46. The van der Waals surface area contributed by atoms with Gasteiger partial charge in [0, 0.05) is 38.2 Å². The number of hydrogen-bond acceptors (Lipinski definition) is 4. The van der Waals surface area contributed by atoms with E-state index in [0.29, 0.717) is 44.6 Å². The Bertz CT molecular complexity index is 768. The third kappa shape index (κ3) is 6.06. The van der Waals surface area contributed by atoms with Gasteiger partial charge < -0.3 is 20.3 Å². The van der Waals surface area contributed by atoms with Gasteiger partial charge in [-0.3, -0.25) is 14.4 Å². The first-order chi connectivity index (χ1) is 15.0. The first kappa shape index (κ1) is 23.3. The van der Waals surface area contributed by atoms with Crippen LogP contribution in [0.5, 0.6) is 0 Å². The molecule has 3 rings (SSSR count). The second-order valence-electron chi connectivity index (χ2n) is 8.69. The molecule has 1 aliphatic carbocycles. The number of aryl methyl sites for hydroxylation is 1. The summed E-state index contributed by atoms with van der Waals surface area (Å²) in [4.78, 5) is 40.6. The van der Waals surface area contributed by atoms with Crippen LogP contribution in [0.2, 0.25) is 0 Å². The molecule has 7 heteroatoms. The van der Waals surface area contributed by atoms with Gasteiger partial charge in [0.05, 0.1) is 6.61 Å². The highest BCUT2D eigenvalue weighted by molar-refractivity contribution is 5.98. The van der Waals surface area contributed by atoms with E-state index in [1.807, 2.05) is 30.0 Å². The number of hydrogen-bond donors (Lipinski definition) is 2. The van der Waals surface area contributed by atoms with Gasteiger partial charge in [0.1, 0.15) is 6.04 Å². The van der Waals surface area contributed by atoms with Crippen LogP contribution >= 0.6 is 0 Å². The van der Waals surface area contributed by atoms with Crippen LogP contribution < -0.4 is 10.6 Å². The molecule has 2 aliphatic rings. The average Bonchev–Trinajstić information content (AvgIpc) is 3.32. The third-order valence-corrected chi connectivity index (χ3v) is 6.59. The Morgan fingerprint density at radius 3 is 2.42 bits per heavy atom. The average molecular weight is 430 g/mol. The van der Waals surface area contributed by atoms with Crippen molar-refractivity contribution in [2.75, 3.05) is 33.4 Å². The first-order valence-corrected chi connectivity index (χ1v) is 11.4. The van der Waals surface area contributed by atoms with Gasteiger partial charge in [-0.2, -0.15) is 0 Å². The maximum absolute atomic E-state index is 12.9. The first-order valence-electron chi connectivity index (χ1n) is 11.4. The summed E-state index contributed by atoms with van der Waals surface area (Å²) < 4.78 is 5.03. The molecule has 1 aromatic carbocycles. The molecular formula is C24H35N3O4. The Balaban J connectivity index is 1.65. The summed E-state index contributed by atoms with van der Waals surface area (Å²) in [6.45, 7) is 3.98. The molecule has 1 atom stereocenters. The van der Waals surface area contributed by atoms with E-state index in [2.05, 4.69) is 10.6 Å². The number of ether oxygens (including phenoxy) is 1. The maximum atomic E-state index is 12.9. The summed E-state index contributed by atoms with van der Waals surface area (Å²) in [6.07, 6.45) is 5.68. The summed E-state index contributed by atoms with van der Waals surface area (Å²) in [5, 5.41) is 5.85. The van der Waals surface area contributed by atoms with Crippen molar-refractivity contribution in [2.45, 2.75) is 51.5 Å². The Labute approximate surface area is 184 Å². The number of nitrogens with zero attached hydrogens (tertiary/aromatic N) is 1. The van der Waals surface area contributed by atoms with E-state index < -0.39 is 6.04 Å². The molecule has 1 saturated carbocycles. The molecule has 0 radical (unpaired) electrons. The van der Waals surface area contributed by atoms with E-state index in [0.717, 1.165) is 31.2 Å².